The van der Waals surface area contributed by atoms with Gasteiger partial charge in [0.1, 0.15) is 19.0 Å². The number of amides is 1. The fraction of sp³-hybridized carbons (Fsp3) is 0.174. The SMILES string of the molecule is CC(=O)c1ccccc1OCCOC(=O)c1ccc(C)c(NC(=O)c2ccco2)c1. The van der Waals surface area contributed by atoms with Crippen LogP contribution in [0.1, 0.15) is 43.8 Å². The third kappa shape index (κ3) is 5.14. The van der Waals surface area contributed by atoms with Gasteiger partial charge in [0.15, 0.2) is 11.5 Å². The van der Waals surface area contributed by atoms with Crippen molar-refractivity contribution in [2.24, 2.45) is 0 Å². The van der Waals surface area contributed by atoms with E-state index >= 15 is 0 Å². The van der Waals surface area contributed by atoms with Crippen LogP contribution in [0.25, 0.3) is 0 Å². The molecule has 0 aliphatic carbocycles. The number of aryl methyl sites for hydroxylation is 1. The summed E-state index contributed by atoms with van der Waals surface area (Å²) >= 11 is 0. The Morgan fingerprint density at radius 3 is 2.53 bits per heavy atom. The summed E-state index contributed by atoms with van der Waals surface area (Å²) in [5, 5.41) is 2.72. The number of esters is 1. The topological polar surface area (TPSA) is 94.8 Å². The second-order valence-corrected chi connectivity index (χ2v) is 6.50. The fourth-order valence-corrected chi connectivity index (χ4v) is 2.73. The quantitative estimate of drug-likeness (QED) is 0.340. The number of anilines is 1. The molecule has 1 heterocycles. The highest BCUT2D eigenvalue weighted by Gasteiger charge is 2.14. The van der Waals surface area contributed by atoms with E-state index in [2.05, 4.69) is 5.32 Å². The van der Waals surface area contributed by atoms with Gasteiger partial charge in [0.25, 0.3) is 5.91 Å². The summed E-state index contributed by atoms with van der Waals surface area (Å²) in [7, 11) is 0. The maximum Gasteiger partial charge on any atom is 0.338 e. The van der Waals surface area contributed by atoms with Crippen LogP contribution in [0, 0.1) is 6.92 Å². The van der Waals surface area contributed by atoms with Crippen LogP contribution in [0.15, 0.2) is 65.3 Å². The van der Waals surface area contributed by atoms with Crippen LogP contribution in [0.3, 0.4) is 0 Å². The predicted molar refractivity (Wildman–Crippen MR) is 110 cm³/mol. The molecule has 3 aromatic rings. The minimum atomic E-state index is -0.549. The molecule has 2 aromatic carbocycles. The van der Waals surface area contributed by atoms with E-state index in [1.165, 1.54) is 13.2 Å². The number of ketones is 1. The molecule has 3 rings (SSSR count). The van der Waals surface area contributed by atoms with Crippen molar-refractivity contribution < 1.29 is 28.3 Å². The van der Waals surface area contributed by atoms with Gasteiger partial charge in [-0.25, -0.2) is 4.79 Å². The molecule has 1 amide bonds. The number of para-hydroxylation sites is 1. The maximum absolute atomic E-state index is 12.3. The van der Waals surface area contributed by atoms with Gasteiger partial charge < -0.3 is 19.2 Å². The molecule has 0 spiro atoms. The first-order valence-electron chi connectivity index (χ1n) is 9.31. The van der Waals surface area contributed by atoms with Gasteiger partial charge in [0, 0.05) is 5.69 Å². The van der Waals surface area contributed by atoms with Crippen molar-refractivity contribution in [2.45, 2.75) is 13.8 Å². The van der Waals surface area contributed by atoms with Crippen molar-refractivity contribution in [3.8, 4) is 5.75 Å². The monoisotopic (exact) mass is 407 g/mol. The first-order chi connectivity index (χ1) is 14.5. The lowest BCUT2D eigenvalue weighted by Crippen LogP contribution is -2.15. The molecule has 30 heavy (non-hydrogen) atoms. The van der Waals surface area contributed by atoms with Gasteiger partial charge in [-0.2, -0.15) is 0 Å². The lowest BCUT2D eigenvalue weighted by atomic mass is 10.1. The molecule has 154 valence electrons. The van der Waals surface area contributed by atoms with E-state index in [-0.39, 0.29) is 24.8 Å². The molecular weight excluding hydrogens is 386 g/mol. The number of hydrogen-bond donors (Lipinski definition) is 1. The fourth-order valence-electron chi connectivity index (χ4n) is 2.73. The van der Waals surface area contributed by atoms with Crippen molar-refractivity contribution in [1.29, 1.82) is 0 Å². The van der Waals surface area contributed by atoms with E-state index in [1.54, 1.807) is 54.6 Å². The molecule has 0 bridgehead atoms. The molecule has 0 saturated carbocycles. The normalized spacial score (nSPS) is 10.3. The number of ether oxygens (including phenoxy) is 2. The Bertz CT molecular complexity index is 1060. The van der Waals surface area contributed by atoms with Crippen LogP contribution in [-0.2, 0) is 4.74 Å². The Morgan fingerprint density at radius 2 is 1.80 bits per heavy atom. The second kappa shape index (κ2) is 9.56. The molecule has 7 nitrogen and oxygen atoms in total. The van der Waals surface area contributed by atoms with Crippen LogP contribution in [0.4, 0.5) is 5.69 Å². The van der Waals surface area contributed by atoms with E-state index in [0.717, 1.165) is 5.56 Å². The third-order valence-electron chi connectivity index (χ3n) is 4.31. The third-order valence-corrected chi connectivity index (χ3v) is 4.31. The molecule has 0 fully saturated rings. The van der Waals surface area contributed by atoms with Gasteiger partial charge >= 0.3 is 5.97 Å². The van der Waals surface area contributed by atoms with Gasteiger partial charge in [0.2, 0.25) is 0 Å². The van der Waals surface area contributed by atoms with Gasteiger partial charge in [0.05, 0.1) is 17.4 Å². The van der Waals surface area contributed by atoms with Gasteiger partial charge in [-0.05, 0) is 55.8 Å². The smallest absolute Gasteiger partial charge is 0.338 e. The molecule has 1 N–H and O–H groups in total. The van der Waals surface area contributed by atoms with Gasteiger partial charge in [-0.1, -0.05) is 18.2 Å². The number of hydrogen-bond acceptors (Lipinski definition) is 6. The molecule has 0 saturated heterocycles. The van der Waals surface area contributed by atoms with Gasteiger partial charge in [-0.3, -0.25) is 9.59 Å². The molecule has 0 aliphatic heterocycles. The Kier molecular flexibility index (Phi) is 6.64. The summed E-state index contributed by atoms with van der Waals surface area (Å²) in [6, 6.07) is 14.9. The van der Waals surface area contributed by atoms with Crippen molar-refractivity contribution in [3.05, 3.63) is 83.3 Å². The Morgan fingerprint density at radius 1 is 1.00 bits per heavy atom. The number of furan rings is 1. The van der Waals surface area contributed by atoms with Crippen LogP contribution < -0.4 is 10.1 Å². The number of rotatable bonds is 8. The van der Waals surface area contributed by atoms with E-state index in [1.807, 2.05) is 6.92 Å². The zero-order valence-corrected chi connectivity index (χ0v) is 16.6. The number of benzene rings is 2. The summed E-state index contributed by atoms with van der Waals surface area (Å²) in [6.45, 7) is 3.38. The Hall–Kier alpha value is -3.87. The van der Waals surface area contributed by atoms with Crippen LogP contribution >= 0.6 is 0 Å². The van der Waals surface area contributed by atoms with Crippen LogP contribution in [0.5, 0.6) is 5.75 Å². The highest BCUT2D eigenvalue weighted by atomic mass is 16.6. The van der Waals surface area contributed by atoms with Gasteiger partial charge in [-0.15, -0.1) is 0 Å². The average molecular weight is 407 g/mol. The minimum absolute atomic E-state index is 0.00698. The Labute approximate surface area is 173 Å². The Balaban J connectivity index is 1.57. The number of Topliss-reactive ketones (excluding diaryl/α,β-unsaturated/α-hetero) is 1. The summed E-state index contributed by atoms with van der Waals surface area (Å²) in [5.41, 5.74) is 2.03. The summed E-state index contributed by atoms with van der Waals surface area (Å²) in [6.07, 6.45) is 1.41. The number of nitrogens with one attached hydrogen (secondary N) is 1. The lowest BCUT2D eigenvalue weighted by Gasteiger charge is -2.11. The molecule has 7 heteroatoms. The summed E-state index contributed by atoms with van der Waals surface area (Å²) < 4.78 is 15.9. The van der Waals surface area contributed by atoms with E-state index < -0.39 is 11.9 Å². The molecule has 0 aliphatic rings. The minimum Gasteiger partial charge on any atom is -0.489 e. The van der Waals surface area contributed by atoms with Crippen molar-refractivity contribution in [3.63, 3.8) is 0 Å². The van der Waals surface area contributed by atoms with Crippen LogP contribution in [0.2, 0.25) is 0 Å². The van der Waals surface area contributed by atoms with Crippen molar-refractivity contribution in [1.82, 2.24) is 0 Å². The van der Waals surface area contributed by atoms with Crippen LogP contribution in [-0.4, -0.2) is 30.9 Å². The molecule has 0 unspecified atom stereocenters. The molecular formula is C23H21NO6. The molecule has 0 radical (unpaired) electrons. The summed E-state index contributed by atoms with van der Waals surface area (Å²) in [5.74, 6) is -0.450. The van der Waals surface area contributed by atoms with E-state index in [9.17, 15) is 14.4 Å². The second-order valence-electron chi connectivity index (χ2n) is 6.50. The largest absolute Gasteiger partial charge is 0.489 e. The van der Waals surface area contributed by atoms with E-state index in [4.69, 9.17) is 13.9 Å². The van der Waals surface area contributed by atoms with E-state index in [0.29, 0.717) is 22.6 Å². The first-order valence-corrected chi connectivity index (χ1v) is 9.31. The highest BCUT2D eigenvalue weighted by Crippen LogP contribution is 2.20. The average Bonchev–Trinajstić information content (AvgIpc) is 3.28. The first kappa shape index (κ1) is 20.9. The zero-order chi connectivity index (χ0) is 21.5. The summed E-state index contributed by atoms with van der Waals surface area (Å²) in [4.78, 5) is 36.1. The number of carbonyl (C=O) groups is 3. The predicted octanol–water partition coefficient (Wildman–Crippen LogP) is 4.28. The molecule has 1 aromatic heterocycles. The maximum atomic E-state index is 12.3. The number of carbonyl (C=O) groups excluding carboxylic acids is 3. The lowest BCUT2D eigenvalue weighted by molar-refractivity contribution is 0.0449. The van der Waals surface area contributed by atoms with Crippen molar-refractivity contribution >= 4 is 23.3 Å². The zero-order valence-electron chi connectivity index (χ0n) is 16.6. The molecule has 0 atom stereocenters. The highest BCUT2D eigenvalue weighted by molar-refractivity contribution is 6.03. The van der Waals surface area contributed by atoms with Crippen molar-refractivity contribution in [2.75, 3.05) is 18.5 Å². The standard InChI is InChI=1S/C23H21NO6/c1-15-9-10-17(14-19(15)24-22(26)21-8-5-11-28-21)23(27)30-13-12-29-20-7-4-3-6-18(20)16(2)25/h3-11,14H,12-13H2,1-2H3,(H,24,26).